The third-order valence-corrected chi connectivity index (χ3v) is 4.52. The predicted molar refractivity (Wildman–Crippen MR) is 75.7 cm³/mol. The van der Waals surface area contributed by atoms with Crippen LogP contribution < -0.4 is 10.0 Å². The van der Waals surface area contributed by atoms with Crippen molar-refractivity contribution in [3.8, 4) is 0 Å². The zero-order valence-corrected chi connectivity index (χ0v) is 13.0. The van der Waals surface area contributed by atoms with Crippen molar-refractivity contribution in [1.82, 2.24) is 10.0 Å². The van der Waals surface area contributed by atoms with E-state index in [4.69, 9.17) is 4.42 Å². The number of nitrogens with one attached hydrogen (secondary N) is 2. The van der Waals surface area contributed by atoms with Gasteiger partial charge < -0.3 is 9.73 Å². The molecule has 0 atom stereocenters. The lowest BCUT2D eigenvalue weighted by Crippen LogP contribution is -2.26. The summed E-state index contributed by atoms with van der Waals surface area (Å²) in [6.45, 7) is 9.30. The molecule has 0 unspecified atom stereocenters. The zero-order chi connectivity index (χ0) is 14.5. The van der Waals surface area contributed by atoms with Crippen LogP contribution >= 0.6 is 0 Å². The molecule has 1 rings (SSSR count). The van der Waals surface area contributed by atoms with E-state index >= 15 is 0 Å². The lowest BCUT2D eigenvalue weighted by molar-refractivity contribution is 0.492. The Hall–Kier alpha value is -0.850. The maximum Gasteiger partial charge on any atom is 0.244 e. The second kappa shape index (κ2) is 7.07. The molecule has 2 N–H and O–H groups in total. The van der Waals surface area contributed by atoms with Crippen molar-refractivity contribution in [1.29, 1.82) is 0 Å². The molecular formula is C13H24N2O3S. The summed E-state index contributed by atoms with van der Waals surface area (Å²) in [7, 11) is -3.48. The molecule has 0 spiro atoms. The Bertz CT molecular complexity index is 506. The van der Waals surface area contributed by atoms with Crippen LogP contribution in [0.3, 0.4) is 0 Å². The fourth-order valence-electron chi connectivity index (χ4n) is 1.96. The molecule has 0 saturated heterocycles. The lowest BCUT2D eigenvalue weighted by atomic mass is 10.2. The minimum atomic E-state index is -3.48. The van der Waals surface area contributed by atoms with Crippen molar-refractivity contribution in [2.45, 2.75) is 52.0 Å². The highest BCUT2D eigenvalue weighted by molar-refractivity contribution is 7.89. The normalized spacial score (nSPS) is 12.0. The Labute approximate surface area is 115 Å². The molecule has 0 saturated carbocycles. The summed E-state index contributed by atoms with van der Waals surface area (Å²) in [6.07, 6.45) is 1.77. The predicted octanol–water partition coefficient (Wildman–Crippen LogP) is 2.08. The molecule has 0 radical (unpaired) electrons. The molecule has 0 aliphatic heterocycles. The highest BCUT2D eigenvalue weighted by Gasteiger charge is 2.25. The fraction of sp³-hybridized carbons (Fsp3) is 0.692. The van der Waals surface area contributed by atoms with E-state index in [-0.39, 0.29) is 0 Å². The maximum atomic E-state index is 12.3. The average Bonchev–Trinajstić information content (AvgIpc) is 2.63. The summed E-state index contributed by atoms with van der Waals surface area (Å²) >= 11 is 0. The number of hydrogen-bond acceptors (Lipinski definition) is 4. The van der Waals surface area contributed by atoms with Crippen LogP contribution in [-0.2, 0) is 16.6 Å². The van der Waals surface area contributed by atoms with Crippen LogP contribution in [0.25, 0.3) is 0 Å². The first-order valence-corrected chi connectivity index (χ1v) is 8.21. The van der Waals surface area contributed by atoms with Gasteiger partial charge in [-0.1, -0.05) is 13.8 Å². The molecule has 1 aromatic rings. The van der Waals surface area contributed by atoms with Crippen LogP contribution in [0.5, 0.6) is 0 Å². The van der Waals surface area contributed by atoms with Gasteiger partial charge in [0.15, 0.2) is 0 Å². The number of hydrogen-bond donors (Lipinski definition) is 2. The summed E-state index contributed by atoms with van der Waals surface area (Å²) < 4.78 is 32.6. The average molecular weight is 288 g/mol. The number of rotatable bonds is 8. The van der Waals surface area contributed by atoms with E-state index < -0.39 is 10.0 Å². The minimum Gasteiger partial charge on any atom is -0.465 e. The summed E-state index contributed by atoms with van der Waals surface area (Å²) in [4.78, 5) is 0.294. The number of aryl methyl sites for hydroxylation is 2. The Morgan fingerprint density at radius 1 is 1.05 bits per heavy atom. The van der Waals surface area contributed by atoms with Gasteiger partial charge in [0, 0.05) is 18.7 Å². The largest absolute Gasteiger partial charge is 0.465 e. The third kappa shape index (κ3) is 4.06. The van der Waals surface area contributed by atoms with Gasteiger partial charge >= 0.3 is 0 Å². The Kier molecular flexibility index (Phi) is 6.03. The molecule has 5 nitrogen and oxygen atoms in total. The highest BCUT2D eigenvalue weighted by atomic mass is 32.2. The molecule has 0 fully saturated rings. The summed E-state index contributed by atoms with van der Waals surface area (Å²) in [5.41, 5.74) is 0.731. The Morgan fingerprint density at radius 3 is 2.26 bits per heavy atom. The van der Waals surface area contributed by atoms with Crippen LogP contribution in [0.2, 0.25) is 0 Å². The van der Waals surface area contributed by atoms with Gasteiger partial charge in [0.1, 0.15) is 16.4 Å². The second-order valence-corrected chi connectivity index (χ2v) is 6.30. The van der Waals surface area contributed by atoms with Crippen LogP contribution in [0.1, 0.15) is 43.8 Å². The van der Waals surface area contributed by atoms with Gasteiger partial charge in [0.2, 0.25) is 10.0 Å². The van der Waals surface area contributed by atoms with Crippen LogP contribution in [-0.4, -0.2) is 21.5 Å². The van der Waals surface area contributed by atoms with Crippen molar-refractivity contribution in [3.63, 3.8) is 0 Å². The molecule has 0 aliphatic carbocycles. The third-order valence-electron chi connectivity index (χ3n) is 2.86. The molecule has 0 bridgehead atoms. The van der Waals surface area contributed by atoms with Crippen molar-refractivity contribution in [2.24, 2.45) is 0 Å². The van der Waals surface area contributed by atoms with E-state index in [1.165, 1.54) is 0 Å². The van der Waals surface area contributed by atoms with Crippen molar-refractivity contribution in [2.75, 3.05) is 13.1 Å². The molecule has 0 aliphatic rings. The Balaban J connectivity index is 3.05. The number of sulfonamides is 1. The van der Waals surface area contributed by atoms with Crippen molar-refractivity contribution >= 4 is 10.0 Å². The molecule has 6 heteroatoms. The molecule has 19 heavy (non-hydrogen) atoms. The van der Waals surface area contributed by atoms with E-state index in [9.17, 15) is 8.42 Å². The highest BCUT2D eigenvalue weighted by Crippen LogP contribution is 2.26. The first kappa shape index (κ1) is 16.2. The summed E-state index contributed by atoms with van der Waals surface area (Å²) in [5.74, 6) is 1.12. The van der Waals surface area contributed by atoms with Crippen LogP contribution in [0.15, 0.2) is 9.31 Å². The SMILES string of the molecule is CCCNCc1c(C)oc(C)c1S(=O)(=O)NCCC. The topological polar surface area (TPSA) is 71.3 Å². The molecular weight excluding hydrogens is 264 g/mol. The summed E-state index contributed by atoms with van der Waals surface area (Å²) in [6, 6.07) is 0. The standard InChI is InChI=1S/C13H24N2O3S/c1-5-7-14-9-12-10(3)18-11(4)13(12)19(16,17)15-8-6-2/h14-15H,5-9H2,1-4H3. The maximum absolute atomic E-state index is 12.3. The first-order chi connectivity index (χ1) is 8.94. The van der Waals surface area contributed by atoms with Gasteiger partial charge in [-0.05, 0) is 33.2 Å². The lowest BCUT2D eigenvalue weighted by Gasteiger charge is -2.08. The molecule has 0 aromatic carbocycles. The van der Waals surface area contributed by atoms with Gasteiger partial charge in [-0.3, -0.25) is 0 Å². The van der Waals surface area contributed by atoms with Gasteiger partial charge in [-0.25, -0.2) is 13.1 Å². The van der Waals surface area contributed by atoms with E-state index in [1.807, 2.05) is 6.92 Å². The fourth-order valence-corrected chi connectivity index (χ4v) is 3.54. The quantitative estimate of drug-likeness (QED) is 0.719. The van der Waals surface area contributed by atoms with Crippen LogP contribution in [0.4, 0.5) is 0 Å². The van der Waals surface area contributed by atoms with Gasteiger partial charge in [0.25, 0.3) is 0 Å². The second-order valence-electron chi connectivity index (χ2n) is 4.60. The van der Waals surface area contributed by atoms with Crippen molar-refractivity contribution < 1.29 is 12.8 Å². The van der Waals surface area contributed by atoms with Gasteiger partial charge in [-0.2, -0.15) is 0 Å². The number of furan rings is 1. The summed E-state index contributed by atoms with van der Waals surface area (Å²) in [5, 5.41) is 3.22. The zero-order valence-electron chi connectivity index (χ0n) is 12.2. The molecule has 110 valence electrons. The molecule has 0 amide bonds. The molecule has 1 heterocycles. The van der Waals surface area contributed by atoms with Crippen LogP contribution in [0, 0.1) is 13.8 Å². The van der Waals surface area contributed by atoms with Gasteiger partial charge in [0.05, 0.1) is 0 Å². The van der Waals surface area contributed by atoms with E-state index in [0.717, 1.165) is 24.9 Å². The minimum absolute atomic E-state index is 0.294. The smallest absolute Gasteiger partial charge is 0.244 e. The molecule has 1 aromatic heterocycles. The van der Waals surface area contributed by atoms with Gasteiger partial charge in [-0.15, -0.1) is 0 Å². The monoisotopic (exact) mass is 288 g/mol. The van der Waals surface area contributed by atoms with Crippen molar-refractivity contribution in [3.05, 3.63) is 17.1 Å². The van der Waals surface area contributed by atoms with E-state index in [1.54, 1.807) is 13.8 Å². The Morgan fingerprint density at radius 2 is 1.68 bits per heavy atom. The van der Waals surface area contributed by atoms with E-state index in [2.05, 4.69) is 17.0 Å². The first-order valence-electron chi connectivity index (χ1n) is 6.73. The van der Waals surface area contributed by atoms with E-state index in [0.29, 0.717) is 29.5 Å².